The maximum Gasteiger partial charge on any atom is 0.272 e. The molecule has 28 heavy (non-hydrogen) atoms. The highest BCUT2D eigenvalue weighted by molar-refractivity contribution is 6.05. The summed E-state index contributed by atoms with van der Waals surface area (Å²) in [6.07, 6.45) is 1.72. The molecule has 2 aromatic rings. The van der Waals surface area contributed by atoms with Crippen molar-refractivity contribution < 1.29 is 14.5 Å². The average Bonchev–Trinajstić information content (AvgIpc) is 2.66. The molecule has 2 amide bonds. The van der Waals surface area contributed by atoms with Crippen molar-refractivity contribution in [3.63, 3.8) is 0 Å². The standard InChI is InChI=1S/C21H23N3O4/c1-13(2)21(26)23-10-4-5-15-12-17(7-9-19(15)23)22-20(25)16-6-8-18(24(27)28)14(3)11-16/h6-9,11-13H,4-5,10H2,1-3H3,(H,22,25). The molecule has 0 radical (unpaired) electrons. The summed E-state index contributed by atoms with van der Waals surface area (Å²) in [5.41, 5.74) is 3.34. The van der Waals surface area contributed by atoms with Crippen molar-refractivity contribution in [1.82, 2.24) is 0 Å². The zero-order valence-electron chi connectivity index (χ0n) is 16.2. The number of carbonyl (C=O) groups is 2. The number of amides is 2. The van der Waals surface area contributed by atoms with Crippen molar-refractivity contribution in [2.24, 2.45) is 5.92 Å². The highest BCUT2D eigenvalue weighted by Gasteiger charge is 2.24. The van der Waals surface area contributed by atoms with E-state index in [1.165, 1.54) is 18.2 Å². The SMILES string of the molecule is Cc1cc(C(=O)Nc2ccc3c(c2)CCCN3C(=O)C(C)C)ccc1[N+](=O)[O-]. The first-order valence-electron chi connectivity index (χ1n) is 9.28. The van der Waals surface area contributed by atoms with Gasteiger partial charge in [0.1, 0.15) is 0 Å². The van der Waals surface area contributed by atoms with Gasteiger partial charge in [-0.15, -0.1) is 0 Å². The van der Waals surface area contributed by atoms with Crippen LogP contribution in [0.15, 0.2) is 36.4 Å². The number of nitro groups is 1. The molecule has 0 atom stereocenters. The van der Waals surface area contributed by atoms with E-state index in [9.17, 15) is 19.7 Å². The van der Waals surface area contributed by atoms with Crippen molar-refractivity contribution in [2.75, 3.05) is 16.8 Å². The predicted molar refractivity (Wildman–Crippen MR) is 108 cm³/mol. The number of anilines is 2. The summed E-state index contributed by atoms with van der Waals surface area (Å²) in [5.74, 6) is -0.307. The number of carbonyl (C=O) groups excluding carboxylic acids is 2. The molecule has 3 rings (SSSR count). The van der Waals surface area contributed by atoms with E-state index in [2.05, 4.69) is 5.32 Å². The predicted octanol–water partition coefficient (Wildman–Crippen LogP) is 4.09. The van der Waals surface area contributed by atoms with Crippen molar-refractivity contribution in [2.45, 2.75) is 33.6 Å². The third-order valence-corrected chi connectivity index (χ3v) is 4.87. The van der Waals surface area contributed by atoms with Gasteiger partial charge in [-0.3, -0.25) is 19.7 Å². The fourth-order valence-corrected chi connectivity index (χ4v) is 3.42. The first-order chi connectivity index (χ1) is 13.3. The van der Waals surface area contributed by atoms with E-state index in [0.29, 0.717) is 23.4 Å². The molecule has 1 aliphatic heterocycles. The minimum Gasteiger partial charge on any atom is -0.322 e. The van der Waals surface area contributed by atoms with E-state index in [1.54, 1.807) is 13.0 Å². The first kappa shape index (κ1) is 19.5. The average molecular weight is 381 g/mol. The second-order valence-corrected chi connectivity index (χ2v) is 7.30. The van der Waals surface area contributed by atoms with Crippen LogP contribution in [0.25, 0.3) is 0 Å². The van der Waals surface area contributed by atoms with E-state index >= 15 is 0 Å². The third-order valence-electron chi connectivity index (χ3n) is 4.87. The number of nitrogens with zero attached hydrogens (tertiary/aromatic N) is 2. The van der Waals surface area contributed by atoms with E-state index < -0.39 is 4.92 Å². The van der Waals surface area contributed by atoms with Crippen LogP contribution in [-0.4, -0.2) is 23.3 Å². The minimum atomic E-state index is -0.468. The molecule has 7 heteroatoms. The molecular formula is C21H23N3O4. The third kappa shape index (κ3) is 3.88. The largest absolute Gasteiger partial charge is 0.322 e. The van der Waals surface area contributed by atoms with Gasteiger partial charge >= 0.3 is 0 Å². The van der Waals surface area contributed by atoms with Gasteiger partial charge in [-0.2, -0.15) is 0 Å². The van der Waals surface area contributed by atoms with Crippen LogP contribution in [0.2, 0.25) is 0 Å². The van der Waals surface area contributed by atoms with Gasteiger partial charge in [-0.25, -0.2) is 0 Å². The molecule has 0 unspecified atom stereocenters. The molecule has 0 aromatic heterocycles. The van der Waals surface area contributed by atoms with Crippen LogP contribution in [0, 0.1) is 23.0 Å². The Labute approximate surface area is 163 Å². The molecule has 7 nitrogen and oxygen atoms in total. The normalized spacial score (nSPS) is 13.2. The van der Waals surface area contributed by atoms with Crippen LogP contribution in [0.4, 0.5) is 17.1 Å². The highest BCUT2D eigenvalue weighted by Crippen LogP contribution is 2.31. The molecule has 0 bridgehead atoms. The van der Waals surface area contributed by atoms with Crippen LogP contribution in [0.5, 0.6) is 0 Å². The Balaban J connectivity index is 1.80. The van der Waals surface area contributed by atoms with Gasteiger partial charge in [0.15, 0.2) is 0 Å². The topological polar surface area (TPSA) is 92.6 Å². The molecule has 0 saturated heterocycles. The molecule has 1 N–H and O–H groups in total. The number of benzene rings is 2. The lowest BCUT2D eigenvalue weighted by Crippen LogP contribution is -2.38. The number of fused-ring (bicyclic) bond motifs is 1. The number of hydrogen-bond donors (Lipinski definition) is 1. The number of nitro benzene ring substituents is 1. The lowest BCUT2D eigenvalue weighted by Gasteiger charge is -2.31. The smallest absolute Gasteiger partial charge is 0.272 e. The summed E-state index contributed by atoms with van der Waals surface area (Å²) >= 11 is 0. The van der Waals surface area contributed by atoms with E-state index in [1.807, 2.05) is 30.9 Å². The lowest BCUT2D eigenvalue weighted by molar-refractivity contribution is -0.385. The maximum atomic E-state index is 12.5. The van der Waals surface area contributed by atoms with Gasteiger partial charge < -0.3 is 10.2 Å². The fraction of sp³-hybridized carbons (Fsp3) is 0.333. The Morgan fingerprint density at radius 3 is 2.57 bits per heavy atom. The molecule has 1 heterocycles. The van der Waals surface area contributed by atoms with Gasteiger partial charge in [0.2, 0.25) is 5.91 Å². The lowest BCUT2D eigenvalue weighted by atomic mass is 9.99. The Kier molecular flexibility index (Phi) is 5.44. The zero-order valence-corrected chi connectivity index (χ0v) is 16.2. The van der Waals surface area contributed by atoms with E-state index in [4.69, 9.17) is 0 Å². The Morgan fingerprint density at radius 2 is 1.93 bits per heavy atom. The summed E-state index contributed by atoms with van der Waals surface area (Å²) in [7, 11) is 0. The van der Waals surface area contributed by atoms with E-state index in [0.717, 1.165) is 24.1 Å². The highest BCUT2D eigenvalue weighted by atomic mass is 16.6. The zero-order chi connectivity index (χ0) is 20.4. The molecule has 146 valence electrons. The van der Waals surface area contributed by atoms with Gasteiger partial charge in [0.05, 0.1) is 4.92 Å². The minimum absolute atomic E-state index is 0.0137. The molecule has 1 aliphatic rings. The van der Waals surface area contributed by atoms with E-state index in [-0.39, 0.29) is 23.4 Å². The molecular weight excluding hydrogens is 358 g/mol. The number of aryl methyl sites for hydroxylation is 2. The summed E-state index contributed by atoms with van der Waals surface area (Å²) < 4.78 is 0. The monoisotopic (exact) mass is 381 g/mol. The van der Waals surface area contributed by atoms with Gasteiger partial charge in [0, 0.05) is 41.0 Å². The fourth-order valence-electron chi connectivity index (χ4n) is 3.42. The Morgan fingerprint density at radius 1 is 1.18 bits per heavy atom. The van der Waals surface area contributed by atoms with Crippen LogP contribution < -0.4 is 10.2 Å². The number of rotatable bonds is 4. The summed E-state index contributed by atoms with van der Waals surface area (Å²) in [6.45, 7) is 6.08. The molecule has 0 saturated carbocycles. The maximum absolute atomic E-state index is 12.5. The molecule has 0 spiro atoms. The van der Waals surface area contributed by atoms with Crippen LogP contribution in [0.3, 0.4) is 0 Å². The summed E-state index contributed by atoms with van der Waals surface area (Å²) in [6, 6.07) is 9.83. The van der Waals surface area contributed by atoms with Gasteiger partial charge in [-0.1, -0.05) is 13.8 Å². The van der Waals surface area contributed by atoms with Crippen molar-refractivity contribution in [1.29, 1.82) is 0 Å². The Hall–Kier alpha value is -3.22. The van der Waals surface area contributed by atoms with Crippen molar-refractivity contribution in [3.8, 4) is 0 Å². The summed E-state index contributed by atoms with van der Waals surface area (Å²) in [4.78, 5) is 37.2. The molecule has 2 aromatic carbocycles. The first-order valence-corrected chi connectivity index (χ1v) is 9.28. The van der Waals surface area contributed by atoms with Crippen LogP contribution in [-0.2, 0) is 11.2 Å². The van der Waals surface area contributed by atoms with Gasteiger partial charge in [-0.05, 0) is 55.7 Å². The van der Waals surface area contributed by atoms with Crippen molar-refractivity contribution in [3.05, 3.63) is 63.2 Å². The number of hydrogen-bond acceptors (Lipinski definition) is 4. The van der Waals surface area contributed by atoms with Crippen LogP contribution in [0.1, 0.15) is 41.8 Å². The number of nitrogens with one attached hydrogen (secondary N) is 1. The molecule has 0 fully saturated rings. The quantitative estimate of drug-likeness (QED) is 0.638. The second kappa shape index (κ2) is 7.80. The Bertz CT molecular complexity index is 953. The van der Waals surface area contributed by atoms with Crippen LogP contribution >= 0.6 is 0 Å². The van der Waals surface area contributed by atoms with Gasteiger partial charge in [0.25, 0.3) is 11.6 Å². The molecule has 0 aliphatic carbocycles. The van der Waals surface area contributed by atoms with Crippen molar-refractivity contribution >= 4 is 28.9 Å². The second-order valence-electron chi connectivity index (χ2n) is 7.30. The summed E-state index contributed by atoms with van der Waals surface area (Å²) in [5, 5.41) is 13.8.